The molecule has 0 aliphatic carbocycles. The first-order valence-electron chi connectivity index (χ1n) is 13.5. The molecule has 0 N–H and O–H groups in total. The maximum atomic E-state index is 12.6. The van der Waals surface area contributed by atoms with E-state index in [1.54, 1.807) is 47.3 Å². The minimum atomic E-state index is -1.61. The van der Waals surface area contributed by atoms with Crippen LogP contribution in [0.4, 0.5) is 0 Å². The molecular weight excluding hydrogens is 576 g/mol. The Morgan fingerprint density at radius 1 is 0.705 bits per heavy atom. The highest BCUT2D eigenvalue weighted by Crippen LogP contribution is 2.37. The molecule has 13 nitrogen and oxygen atoms in total. The highest BCUT2D eigenvalue weighted by Gasteiger charge is 2.46. The number of ether oxygens (including phenoxy) is 6. The molecule has 0 amide bonds. The Morgan fingerprint density at radius 2 is 1.27 bits per heavy atom. The fraction of sp³-hybridized carbons (Fsp3) is 0.355. The summed E-state index contributed by atoms with van der Waals surface area (Å²) in [6, 6.07) is 15.9. The highest BCUT2D eigenvalue weighted by molar-refractivity contribution is 5.71. The quantitative estimate of drug-likeness (QED) is 0.205. The lowest BCUT2D eigenvalue weighted by atomic mass is 9.94. The number of aromatic nitrogens is 2. The van der Waals surface area contributed by atoms with E-state index in [2.05, 4.69) is 0 Å². The summed E-state index contributed by atoms with van der Waals surface area (Å²) in [7, 11) is 1.52. The number of methoxy groups -OCH3 is 1. The van der Waals surface area contributed by atoms with Crippen LogP contribution < -0.4 is 4.74 Å². The van der Waals surface area contributed by atoms with Crippen molar-refractivity contribution in [3.63, 3.8) is 0 Å². The molecular formula is C31H34N2O11. The molecule has 234 valence electrons. The summed E-state index contributed by atoms with van der Waals surface area (Å²) in [5.41, 5.74) is 1.81. The molecule has 0 fully saturated rings. The van der Waals surface area contributed by atoms with E-state index in [4.69, 9.17) is 33.5 Å². The molecule has 3 aromatic rings. The third-order valence-corrected chi connectivity index (χ3v) is 6.09. The van der Waals surface area contributed by atoms with Crippen molar-refractivity contribution >= 4 is 29.8 Å². The highest BCUT2D eigenvalue weighted by atomic mass is 16.6. The minimum Gasteiger partial charge on any atom is -0.497 e. The molecule has 0 aliphatic heterocycles. The van der Waals surface area contributed by atoms with E-state index in [-0.39, 0.29) is 5.56 Å². The van der Waals surface area contributed by atoms with Gasteiger partial charge in [-0.05, 0) is 36.4 Å². The number of para-hydroxylation sites is 1. The van der Waals surface area contributed by atoms with Crippen LogP contribution in [0.25, 0.3) is 16.9 Å². The van der Waals surface area contributed by atoms with Crippen molar-refractivity contribution in [1.82, 2.24) is 9.78 Å². The first-order chi connectivity index (χ1) is 20.9. The molecule has 0 saturated carbocycles. The van der Waals surface area contributed by atoms with Crippen molar-refractivity contribution in [1.29, 1.82) is 0 Å². The smallest absolute Gasteiger partial charge is 0.303 e. The molecule has 4 atom stereocenters. The van der Waals surface area contributed by atoms with Crippen molar-refractivity contribution in [3.05, 3.63) is 66.4 Å². The van der Waals surface area contributed by atoms with Gasteiger partial charge in [0, 0.05) is 51.9 Å². The molecule has 0 saturated heterocycles. The van der Waals surface area contributed by atoms with Crippen LogP contribution in [-0.4, -0.2) is 71.7 Å². The number of esters is 5. The fourth-order valence-corrected chi connectivity index (χ4v) is 4.42. The molecule has 1 aromatic heterocycles. The van der Waals surface area contributed by atoms with Gasteiger partial charge in [-0.2, -0.15) is 5.10 Å². The molecule has 0 bridgehead atoms. The van der Waals surface area contributed by atoms with Crippen molar-refractivity contribution in [2.45, 2.75) is 59.0 Å². The number of carbonyl (C=O) groups excluding carboxylic acids is 5. The third kappa shape index (κ3) is 9.15. The van der Waals surface area contributed by atoms with Gasteiger partial charge in [-0.15, -0.1) is 0 Å². The standard InChI is InChI=1S/C31H34N2O11/c1-18(34)40-17-27(41-19(2)35)30(43-21(4)37)31(44-22(5)38)29(42-20(3)36)26-16-33(24-10-8-7-9-11-24)32-28(26)23-12-14-25(39-6)15-13-23/h7-16,27,29-31H,17H2,1-6H3/t27-,29+,30+,31-/m1/s1. The van der Waals surface area contributed by atoms with Crippen molar-refractivity contribution in [3.8, 4) is 22.7 Å². The number of hydrogen-bond donors (Lipinski definition) is 0. The lowest BCUT2D eigenvalue weighted by molar-refractivity contribution is -0.203. The molecule has 0 unspecified atom stereocenters. The summed E-state index contributed by atoms with van der Waals surface area (Å²) in [6.07, 6.45) is -4.56. The lowest BCUT2D eigenvalue weighted by Gasteiger charge is -2.35. The van der Waals surface area contributed by atoms with Crippen LogP contribution in [0.15, 0.2) is 60.8 Å². The van der Waals surface area contributed by atoms with Crippen LogP contribution >= 0.6 is 0 Å². The monoisotopic (exact) mass is 610 g/mol. The van der Waals surface area contributed by atoms with Crippen molar-refractivity contribution in [2.24, 2.45) is 0 Å². The van der Waals surface area contributed by atoms with E-state index >= 15 is 0 Å². The SMILES string of the molecule is COc1ccc(-c2nn(-c3ccccc3)cc2[C@H](OC(C)=O)[C@@H](OC(C)=O)[C@@H](OC(C)=O)[C@@H](COC(C)=O)OC(C)=O)cc1. The Bertz CT molecular complexity index is 1470. The zero-order valence-electron chi connectivity index (χ0n) is 25.2. The maximum Gasteiger partial charge on any atom is 0.303 e. The second-order valence-corrected chi connectivity index (χ2v) is 9.57. The summed E-state index contributed by atoms with van der Waals surface area (Å²) in [5, 5.41) is 4.75. The number of nitrogens with zero attached hydrogens (tertiary/aromatic N) is 2. The van der Waals surface area contributed by atoms with Gasteiger partial charge < -0.3 is 28.4 Å². The maximum absolute atomic E-state index is 12.6. The summed E-state index contributed by atoms with van der Waals surface area (Å²) >= 11 is 0. The molecule has 2 aromatic carbocycles. The topological polar surface area (TPSA) is 159 Å². The van der Waals surface area contributed by atoms with Gasteiger partial charge >= 0.3 is 29.8 Å². The number of rotatable bonds is 13. The largest absolute Gasteiger partial charge is 0.497 e. The number of benzene rings is 2. The fourth-order valence-electron chi connectivity index (χ4n) is 4.42. The number of carbonyl (C=O) groups is 5. The lowest BCUT2D eigenvalue weighted by Crippen LogP contribution is -2.50. The van der Waals surface area contributed by atoms with E-state index in [9.17, 15) is 24.0 Å². The predicted molar refractivity (Wildman–Crippen MR) is 153 cm³/mol. The Labute approximate surface area is 253 Å². The number of hydrogen-bond acceptors (Lipinski definition) is 12. The Morgan fingerprint density at radius 3 is 1.80 bits per heavy atom. The minimum absolute atomic E-state index is 0.256. The Balaban J connectivity index is 2.30. The van der Waals surface area contributed by atoms with E-state index in [0.29, 0.717) is 22.7 Å². The first-order valence-corrected chi connectivity index (χ1v) is 13.5. The van der Waals surface area contributed by atoms with E-state index < -0.39 is 60.9 Å². The molecule has 1 heterocycles. The van der Waals surface area contributed by atoms with Gasteiger partial charge in [-0.1, -0.05) is 18.2 Å². The third-order valence-electron chi connectivity index (χ3n) is 6.09. The summed E-state index contributed by atoms with van der Waals surface area (Å²) in [4.78, 5) is 61.2. The van der Waals surface area contributed by atoms with Gasteiger partial charge in [0.05, 0.1) is 18.5 Å². The van der Waals surface area contributed by atoms with Crippen LogP contribution in [0.5, 0.6) is 5.75 Å². The van der Waals surface area contributed by atoms with Crippen LogP contribution in [0, 0.1) is 0 Å². The van der Waals surface area contributed by atoms with Gasteiger partial charge in [0.15, 0.2) is 24.4 Å². The van der Waals surface area contributed by atoms with Gasteiger partial charge in [0.25, 0.3) is 0 Å². The molecule has 44 heavy (non-hydrogen) atoms. The first kappa shape index (κ1) is 33.3. The summed E-state index contributed by atoms with van der Waals surface area (Å²) in [5.74, 6) is -3.39. The molecule has 0 aliphatic rings. The normalized spacial score (nSPS) is 13.4. The van der Waals surface area contributed by atoms with Crippen LogP contribution in [0.2, 0.25) is 0 Å². The van der Waals surface area contributed by atoms with E-state index in [1.165, 1.54) is 7.11 Å². The second kappa shape index (κ2) is 15.3. The Kier molecular flexibility index (Phi) is 11.6. The predicted octanol–water partition coefficient (Wildman–Crippen LogP) is 3.51. The summed E-state index contributed by atoms with van der Waals surface area (Å²) in [6.45, 7) is 5.01. The van der Waals surface area contributed by atoms with Crippen LogP contribution in [0.3, 0.4) is 0 Å². The molecule has 0 radical (unpaired) electrons. The summed E-state index contributed by atoms with van der Waals surface area (Å²) < 4.78 is 34.2. The van der Waals surface area contributed by atoms with Gasteiger partial charge in [-0.25, -0.2) is 4.68 Å². The van der Waals surface area contributed by atoms with E-state index in [0.717, 1.165) is 34.6 Å². The van der Waals surface area contributed by atoms with Gasteiger partial charge in [0.1, 0.15) is 12.4 Å². The van der Waals surface area contributed by atoms with Crippen LogP contribution in [0.1, 0.15) is 46.3 Å². The molecule has 13 heteroatoms. The average Bonchev–Trinajstić information content (AvgIpc) is 3.41. The van der Waals surface area contributed by atoms with Crippen LogP contribution in [-0.2, 0) is 47.7 Å². The van der Waals surface area contributed by atoms with Crippen molar-refractivity contribution < 1.29 is 52.4 Å². The Hall–Kier alpha value is -5.20. The zero-order chi connectivity index (χ0) is 32.4. The van der Waals surface area contributed by atoms with Gasteiger partial charge in [-0.3, -0.25) is 24.0 Å². The molecule has 3 rings (SSSR count). The van der Waals surface area contributed by atoms with E-state index in [1.807, 2.05) is 18.2 Å². The molecule has 0 spiro atoms. The van der Waals surface area contributed by atoms with Gasteiger partial charge in [0.2, 0.25) is 0 Å². The average molecular weight is 611 g/mol. The zero-order valence-corrected chi connectivity index (χ0v) is 25.2. The van der Waals surface area contributed by atoms with Crippen molar-refractivity contribution in [2.75, 3.05) is 13.7 Å². The second-order valence-electron chi connectivity index (χ2n) is 9.57.